The summed E-state index contributed by atoms with van der Waals surface area (Å²) in [6.45, 7) is 6.30. The molecule has 3 rings (SSSR count). The molecule has 0 amide bonds. The number of aliphatic hydroxyl groups is 1. The number of nitrogens with one attached hydrogen (secondary N) is 2. The summed E-state index contributed by atoms with van der Waals surface area (Å²) in [6.07, 6.45) is -6.48. The summed E-state index contributed by atoms with van der Waals surface area (Å²) < 4.78 is 80.4. The van der Waals surface area contributed by atoms with Crippen molar-refractivity contribution in [1.29, 1.82) is 0 Å². The molecule has 0 radical (unpaired) electrons. The summed E-state index contributed by atoms with van der Waals surface area (Å²) in [5.41, 5.74) is 1.44. The summed E-state index contributed by atoms with van der Waals surface area (Å²) in [7, 11) is 1.00. The average molecular weight is 446 g/mol. The minimum Gasteiger partial charge on any atom is -0.400 e. The van der Waals surface area contributed by atoms with E-state index in [1.54, 1.807) is 26.8 Å². The first-order valence-electron chi connectivity index (χ1n) is 9.35. The standard InChI is InChI=1S/C21H20F6N2.CH4O/c1-10-5-14(20(22,23)24)8-15(13(10)4)19-11(2)6-18-16(9-28-19)17(21(25,26)27)7-12(3)29-18;1-2/h5-8,28-29H,9H2,1-4H3;2H,1H3. The zero-order chi connectivity index (χ0) is 23.7. The van der Waals surface area contributed by atoms with Gasteiger partial charge in [-0.1, -0.05) is 0 Å². The molecule has 0 bridgehead atoms. The lowest BCUT2D eigenvalue weighted by Gasteiger charge is -2.24. The Bertz CT molecular complexity index is 994. The third-order valence-electron chi connectivity index (χ3n) is 5.11. The maximum absolute atomic E-state index is 13.5. The smallest absolute Gasteiger partial charge is 0.400 e. The first kappa shape index (κ1) is 24.6. The molecule has 170 valence electrons. The third-order valence-corrected chi connectivity index (χ3v) is 5.11. The number of aliphatic hydroxyl groups excluding tert-OH is 1. The first-order valence-corrected chi connectivity index (χ1v) is 9.35. The normalized spacial score (nSPS) is 16.9. The molecule has 0 aliphatic carbocycles. The number of allylic oxidation sites excluding steroid dienone is 5. The van der Waals surface area contributed by atoms with Gasteiger partial charge in [0.25, 0.3) is 0 Å². The molecular formula is C22H24F6N2O. The van der Waals surface area contributed by atoms with Crippen LogP contribution in [-0.4, -0.2) is 24.9 Å². The van der Waals surface area contributed by atoms with Gasteiger partial charge in [0.05, 0.1) is 11.1 Å². The van der Waals surface area contributed by atoms with Gasteiger partial charge >= 0.3 is 12.4 Å². The van der Waals surface area contributed by atoms with Crippen LogP contribution in [0.5, 0.6) is 0 Å². The van der Waals surface area contributed by atoms with Crippen LogP contribution in [0, 0.1) is 13.8 Å². The van der Waals surface area contributed by atoms with Crippen molar-refractivity contribution in [3.8, 4) is 0 Å². The Balaban J connectivity index is 0.00000166. The van der Waals surface area contributed by atoms with Crippen molar-refractivity contribution in [1.82, 2.24) is 10.6 Å². The fourth-order valence-corrected chi connectivity index (χ4v) is 3.53. The number of alkyl halides is 6. The van der Waals surface area contributed by atoms with Crippen molar-refractivity contribution >= 4 is 5.70 Å². The van der Waals surface area contributed by atoms with Gasteiger partial charge in [0.2, 0.25) is 0 Å². The second kappa shape index (κ2) is 8.82. The molecule has 0 spiro atoms. The van der Waals surface area contributed by atoms with E-state index in [9.17, 15) is 26.3 Å². The van der Waals surface area contributed by atoms with Crippen molar-refractivity contribution in [2.45, 2.75) is 40.0 Å². The van der Waals surface area contributed by atoms with Crippen LogP contribution in [0.15, 0.2) is 52.4 Å². The topological polar surface area (TPSA) is 44.3 Å². The van der Waals surface area contributed by atoms with Gasteiger partial charge in [-0.2, -0.15) is 26.3 Å². The van der Waals surface area contributed by atoms with Gasteiger partial charge in [0, 0.05) is 41.9 Å². The number of fused-ring (bicyclic) bond motifs is 1. The zero-order valence-electron chi connectivity index (χ0n) is 17.7. The number of hydrogen-bond acceptors (Lipinski definition) is 3. The van der Waals surface area contributed by atoms with Gasteiger partial charge in [0.15, 0.2) is 0 Å². The molecule has 9 heteroatoms. The van der Waals surface area contributed by atoms with Crippen LogP contribution >= 0.6 is 0 Å². The second-order valence-corrected chi connectivity index (χ2v) is 7.28. The molecule has 0 saturated heterocycles. The van der Waals surface area contributed by atoms with Gasteiger partial charge < -0.3 is 15.7 Å². The molecule has 2 aliphatic heterocycles. The SMILES string of the molecule is CC1=CC(C(F)(F)F)=C2CNC(c3cc(C(F)(F)F)cc(C)c3C)=C(C)C=C2N1.CO. The van der Waals surface area contributed by atoms with Gasteiger partial charge in [-0.05, 0) is 68.7 Å². The molecule has 1 aromatic carbocycles. The molecule has 3 N–H and O–H groups in total. The molecule has 0 saturated carbocycles. The lowest BCUT2D eigenvalue weighted by atomic mass is 9.95. The Morgan fingerprint density at radius 1 is 0.871 bits per heavy atom. The number of benzene rings is 1. The Morgan fingerprint density at radius 2 is 1.48 bits per heavy atom. The van der Waals surface area contributed by atoms with E-state index in [-0.39, 0.29) is 12.1 Å². The minimum atomic E-state index is -4.54. The number of halogens is 6. The molecule has 0 aromatic heterocycles. The molecule has 1 aromatic rings. The lowest BCUT2D eigenvalue weighted by molar-refractivity contribution is -0.137. The molecule has 0 atom stereocenters. The van der Waals surface area contributed by atoms with Crippen molar-refractivity contribution in [3.05, 3.63) is 74.7 Å². The second-order valence-electron chi connectivity index (χ2n) is 7.28. The van der Waals surface area contributed by atoms with Crippen LogP contribution in [0.25, 0.3) is 5.70 Å². The molecule has 2 heterocycles. The average Bonchev–Trinajstić information content (AvgIpc) is 2.81. The summed E-state index contributed by atoms with van der Waals surface area (Å²) in [5.74, 6) is 0. The Hall–Kier alpha value is -2.68. The molecule has 2 aliphatic rings. The highest BCUT2D eigenvalue weighted by Gasteiger charge is 2.38. The van der Waals surface area contributed by atoms with Crippen LogP contribution in [0.3, 0.4) is 0 Å². The molecular weight excluding hydrogens is 422 g/mol. The van der Waals surface area contributed by atoms with E-state index < -0.39 is 23.5 Å². The van der Waals surface area contributed by atoms with Crippen LogP contribution in [0.1, 0.15) is 36.1 Å². The predicted molar refractivity (Wildman–Crippen MR) is 108 cm³/mol. The zero-order valence-corrected chi connectivity index (χ0v) is 17.7. The molecule has 0 unspecified atom stereocenters. The van der Waals surface area contributed by atoms with E-state index in [0.717, 1.165) is 25.3 Å². The van der Waals surface area contributed by atoms with E-state index >= 15 is 0 Å². The van der Waals surface area contributed by atoms with Crippen molar-refractivity contribution in [2.75, 3.05) is 13.7 Å². The van der Waals surface area contributed by atoms with Gasteiger partial charge in [0.1, 0.15) is 0 Å². The van der Waals surface area contributed by atoms with Crippen molar-refractivity contribution < 1.29 is 31.4 Å². The Labute approximate surface area is 176 Å². The van der Waals surface area contributed by atoms with E-state index in [1.807, 2.05) is 0 Å². The van der Waals surface area contributed by atoms with Crippen LogP contribution in [0.2, 0.25) is 0 Å². The van der Waals surface area contributed by atoms with Crippen molar-refractivity contribution in [3.63, 3.8) is 0 Å². The predicted octanol–water partition coefficient (Wildman–Crippen LogP) is 5.51. The van der Waals surface area contributed by atoms with E-state index in [4.69, 9.17) is 5.11 Å². The van der Waals surface area contributed by atoms with E-state index in [1.165, 1.54) is 6.92 Å². The van der Waals surface area contributed by atoms with E-state index in [2.05, 4.69) is 10.6 Å². The highest BCUT2D eigenvalue weighted by Crippen LogP contribution is 2.38. The van der Waals surface area contributed by atoms with E-state index in [0.29, 0.717) is 39.4 Å². The molecule has 3 nitrogen and oxygen atoms in total. The van der Waals surface area contributed by atoms with Gasteiger partial charge in [-0.25, -0.2) is 0 Å². The van der Waals surface area contributed by atoms with Crippen molar-refractivity contribution in [2.24, 2.45) is 0 Å². The summed E-state index contributed by atoms with van der Waals surface area (Å²) in [5, 5.41) is 12.9. The highest BCUT2D eigenvalue weighted by molar-refractivity contribution is 5.75. The summed E-state index contributed by atoms with van der Waals surface area (Å²) >= 11 is 0. The first-order chi connectivity index (χ1) is 14.3. The maximum Gasteiger partial charge on any atom is 0.416 e. The molecule has 31 heavy (non-hydrogen) atoms. The third kappa shape index (κ3) is 5.15. The monoisotopic (exact) mass is 446 g/mol. The van der Waals surface area contributed by atoms with Gasteiger partial charge in [-0.15, -0.1) is 0 Å². The number of rotatable bonds is 1. The largest absolute Gasteiger partial charge is 0.416 e. The van der Waals surface area contributed by atoms with Gasteiger partial charge in [-0.3, -0.25) is 0 Å². The highest BCUT2D eigenvalue weighted by atomic mass is 19.4. The van der Waals surface area contributed by atoms with Crippen LogP contribution in [-0.2, 0) is 6.18 Å². The number of dihydropyridines is 1. The Morgan fingerprint density at radius 3 is 2.03 bits per heavy atom. The number of aryl methyl sites for hydroxylation is 1. The minimum absolute atomic E-state index is 0.0267. The molecule has 0 fully saturated rings. The summed E-state index contributed by atoms with van der Waals surface area (Å²) in [4.78, 5) is 0. The quantitative estimate of drug-likeness (QED) is 0.498. The maximum atomic E-state index is 13.5. The summed E-state index contributed by atoms with van der Waals surface area (Å²) in [6, 6.07) is 2.11. The Kier molecular flexibility index (Phi) is 7.00. The van der Waals surface area contributed by atoms with Crippen LogP contribution in [0.4, 0.5) is 26.3 Å². The fourth-order valence-electron chi connectivity index (χ4n) is 3.53. The number of hydrogen-bond donors (Lipinski definition) is 3. The fraction of sp³-hybridized carbons (Fsp3) is 0.364. The lowest BCUT2D eigenvalue weighted by Crippen LogP contribution is -2.28. The van der Waals surface area contributed by atoms with Crippen LogP contribution < -0.4 is 10.6 Å².